The Morgan fingerprint density at radius 3 is 2.09 bits per heavy atom. The highest BCUT2D eigenvalue weighted by Crippen LogP contribution is 2.17. The highest BCUT2D eigenvalue weighted by molar-refractivity contribution is 7.89. The van der Waals surface area contributed by atoms with Gasteiger partial charge in [-0.2, -0.15) is 0 Å². The third kappa shape index (κ3) is 4.30. The summed E-state index contributed by atoms with van der Waals surface area (Å²) in [6.45, 7) is 0. The van der Waals surface area contributed by atoms with Gasteiger partial charge in [-0.3, -0.25) is 10.2 Å². The number of halogens is 3. The van der Waals surface area contributed by atoms with Crippen LogP contribution in [0.15, 0.2) is 47.4 Å². The van der Waals surface area contributed by atoms with Gasteiger partial charge in [0.05, 0.1) is 6.42 Å². The van der Waals surface area contributed by atoms with E-state index in [0.29, 0.717) is 5.56 Å². The van der Waals surface area contributed by atoms with Gasteiger partial charge in [-0.1, -0.05) is 18.2 Å². The van der Waals surface area contributed by atoms with E-state index >= 15 is 0 Å². The summed E-state index contributed by atoms with van der Waals surface area (Å²) in [6, 6.07) is 7.54. The standard InChI is InChI=1S/C14H11F3N2O3S/c15-10-6-4-9(5-7-10)8-13(20)18-19-23(21,22)14-11(16)2-1-3-12(14)17/h1-7,19H,8H2,(H,18,20). The number of amides is 1. The normalized spacial score (nSPS) is 11.3. The first-order chi connectivity index (χ1) is 10.8. The number of hydrazine groups is 1. The molecule has 0 radical (unpaired) electrons. The number of hydrogen-bond donors (Lipinski definition) is 2. The minimum Gasteiger partial charge on any atom is -0.277 e. The second kappa shape index (κ2) is 6.80. The van der Waals surface area contributed by atoms with Gasteiger partial charge in [0.1, 0.15) is 17.5 Å². The van der Waals surface area contributed by atoms with Crippen LogP contribution in [0, 0.1) is 17.5 Å². The molecule has 23 heavy (non-hydrogen) atoms. The summed E-state index contributed by atoms with van der Waals surface area (Å²) in [5.41, 5.74) is 2.27. The topological polar surface area (TPSA) is 75.3 Å². The van der Waals surface area contributed by atoms with E-state index in [9.17, 15) is 26.4 Å². The second-order valence-electron chi connectivity index (χ2n) is 4.51. The van der Waals surface area contributed by atoms with Crippen LogP contribution in [-0.2, 0) is 21.2 Å². The van der Waals surface area contributed by atoms with Gasteiger partial charge in [-0.25, -0.2) is 21.6 Å². The van der Waals surface area contributed by atoms with E-state index in [1.54, 1.807) is 4.83 Å². The Hall–Kier alpha value is -2.39. The first-order valence-electron chi connectivity index (χ1n) is 6.29. The largest absolute Gasteiger partial charge is 0.277 e. The molecule has 2 N–H and O–H groups in total. The number of benzene rings is 2. The molecule has 0 spiro atoms. The maximum atomic E-state index is 13.4. The van der Waals surface area contributed by atoms with Gasteiger partial charge in [0.25, 0.3) is 10.0 Å². The van der Waals surface area contributed by atoms with Crippen molar-refractivity contribution in [3.63, 3.8) is 0 Å². The Labute approximate surface area is 130 Å². The first kappa shape index (κ1) is 17.0. The molecule has 2 rings (SSSR count). The number of carbonyl (C=O) groups is 1. The van der Waals surface area contributed by atoms with Crippen LogP contribution in [0.3, 0.4) is 0 Å². The molecule has 0 saturated heterocycles. The van der Waals surface area contributed by atoms with Gasteiger partial charge < -0.3 is 0 Å². The first-order valence-corrected chi connectivity index (χ1v) is 7.77. The maximum absolute atomic E-state index is 13.4. The van der Waals surface area contributed by atoms with Crippen molar-refractivity contribution < 1.29 is 26.4 Å². The van der Waals surface area contributed by atoms with E-state index in [0.717, 1.165) is 30.3 Å². The second-order valence-corrected chi connectivity index (χ2v) is 6.13. The predicted molar refractivity (Wildman–Crippen MR) is 74.9 cm³/mol. The minimum atomic E-state index is -4.61. The van der Waals surface area contributed by atoms with Crippen LogP contribution >= 0.6 is 0 Å². The predicted octanol–water partition coefficient (Wildman–Crippen LogP) is 1.66. The van der Waals surface area contributed by atoms with E-state index in [4.69, 9.17) is 0 Å². The summed E-state index contributed by atoms with van der Waals surface area (Å²) in [5.74, 6) is -3.84. The molecule has 5 nitrogen and oxygen atoms in total. The number of hydrogen-bond acceptors (Lipinski definition) is 3. The van der Waals surface area contributed by atoms with Gasteiger partial charge in [-0.05, 0) is 29.8 Å². The maximum Gasteiger partial charge on any atom is 0.263 e. The lowest BCUT2D eigenvalue weighted by atomic mass is 10.1. The van der Waals surface area contributed by atoms with Crippen molar-refractivity contribution in [3.05, 3.63) is 65.5 Å². The van der Waals surface area contributed by atoms with Crippen molar-refractivity contribution >= 4 is 15.9 Å². The monoisotopic (exact) mass is 344 g/mol. The molecule has 2 aromatic rings. The number of sulfonamides is 1. The van der Waals surface area contributed by atoms with Crippen LogP contribution in [-0.4, -0.2) is 14.3 Å². The SMILES string of the molecule is O=C(Cc1ccc(F)cc1)NNS(=O)(=O)c1c(F)cccc1F. The van der Waals surface area contributed by atoms with E-state index in [1.807, 2.05) is 5.43 Å². The lowest BCUT2D eigenvalue weighted by Crippen LogP contribution is -2.42. The Kier molecular flexibility index (Phi) is 5.02. The van der Waals surface area contributed by atoms with Gasteiger partial charge in [-0.15, -0.1) is 4.83 Å². The van der Waals surface area contributed by atoms with Crippen LogP contribution in [0.1, 0.15) is 5.56 Å². The third-order valence-electron chi connectivity index (χ3n) is 2.79. The smallest absolute Gasteiger partial charge is 0.263 e. The van der Waals surface area contributed by atoms with Gasteiger partial charge in [0, 0.05) is 0 Å². The fourth-order valence-corrected chi connectivity index (χ4v) is 2.75. The molecular formula is C14H11F3N2O3S. The molecule has 0 unspecified atom stereocenters. The molecular weight excluding hydrogens is 333 g/mol. The van der Waals surface area contributed by atoms with Crippen LogP contribution in [0.5, 0.6) is 0 Å². The molecule has 0 aliphatic rings. The van der Waals surface area contributed by atoms with Crippen molar-refractivity contribution in [2.24, 2.45) is 0 Å². The summed E-state index contributed by atoms with van der Waals surface area (Å²) in [7, 11) is -4.61. The molecule has 0 atom stereocenters. The fourth-order valence-electron chi connectivity index (χ4n) is 1.75. The van der Waals surface area contributed by atoms with Crippen LogP contribution in [0.2, 0.25) is 0 Å². The zero-order valence-electron chi connectivity index (χ0n) is 11.5. The van der Waals surface area contributed by atoms with Crippen molar-refractivity contribution in [2.45, 2.75) is 11.3 Å². The van der Waals surface area contributed by atoms with Crippen LogP contribution < -0.4 is 10.3 Å². The van der Waals surface area contributed by atoms with Crippen molar-refractivity contribution in [1.29, 1.82) is 0 Å². The molecule has 0 aromatic heterocycles. The molecule has 0 aliphatic carbocycles. The molecule has 122 valence electrons. The van der Waals surface area contributed by atoms with Crippen LogP contribution in [0.25, 0.3) is 0 Å². The summed E-state index contributed by atoms with van der Waals surface area (Å²) >= 11 is 0. The van der Waals surface area contributed by atoms with E-state index < -0.39 is 38.3 Å². The average Bonchev–Trinajstić information content (AvgIpc) is 2.47. The average molecular weight is 344 g/mol. The van der Waals surface area contributed by atoms with Crippen molar-refractivity contribution in [1.82, 2.24) is 10.3 Å². The summed E-state index contributed by atoms with van der Waals surface area (Å²) in [6.07, 6.45) is -0.247. The highest BCUT2D eigenvalue weighted by atomic mass is 32.2. The molecule has 9 heteroatoms. The highest BCUT2D eigenvalue weighted by Gasteiger charge is 2.24. The summed E-state index contributed by atoms with van der Waals surface area (Å²) in [4.78, 5) is 12.0. The van der Waals surface area contributed by atoms with Gasteiger partial charge >= 0.3 is 0 Å². The molecule has 1 amide bonds. The van der Waals surface area contributed by atoms with Crippen molar-refractivity contribution in [2.75, 3.05) is 0 Å². The Balaban J connectivity index is 2.04. The molecule has 0 saturated carbocycles. The Morgan fingerprint density at radius 1 is 0.957 bits per heavy atom. The third-order valence-corrected chi connectivity index (χ3v) is 4.09. The van der Waals surface area contributed by atoms with Gasteiger partial charge in [0.2, 0.25) is 5.91 Å². The Morgan fingerprint density at radius 2 is 1.52 bits per heavy atom. The quantitative estimate of drug-likeness (QED) is 0.810. The van der Waals surface area contributed by atoms with E-state index in [-0.39, 0.29) is 6.42 Å². The Bertz CT molecular complexity index is 803. The van der Waals surface area contributed by atoms with Gasteiger partial charge in [0.15, 0.2) is 4.90 Å². The van der Waals surface area contributed by atoms with Crippen LogP contribution in [0.4, 0.5) is 13.2 Å². The zero-order valence-corrected chi connectivity index (χ0v) is 12.3. The van der Waals surface area contributed by atoms with E-state index in [2.05, 4.69) is 0 Å². The molecule has 0 fully saturated rings. The molecule has 0 bridgehead atoms. The summed E-state index contributed by atoms with van der Waals surface area (Å²) < 4.78 is 63.3. The number of nitrogens with one attached hydrogen (secondary N) is 2. The molecule has 0 heterocycles. The van der Waals surface area contributed by atoms with E-state index in [1.165, 1.54) is 12.1 Å². The fraction of sp³-hybridized carbons (Fsp3) is 0.0714. The molecule has 2 aromatic carbocycles. The van der Waals surface area contributed by atoms with Crippen molar-refractivity contribution in [3.8, 4) is 0 Å². The lowest BCUT2D eigenvalue weighted by molar-refractivity contribution is -0.120. The lowest BCUT2D eigenvalue weighted by Gasteiger charge is -2.10. The number of carbonyl (C=O) groups excluding carboxylic acids is 1. The number of rotatable bonds is 5. The minimum absolute atomic E-state index is 0.247. The zero-order chi connectivity index (χ0) is 17.0. The summed E-state index contributed by atoms with van der Waals surface area (Å²) in [5, 5.41) is 0. The molecule has 0 aliphatic heterocycles.